The average molecular weight is 580 g/mol. The molecule has 4 rings (SSSR count). The molecule has 0 fully saturated rings. The van der Waals surface area contributed by atoms with E-state index in [2.05, 4.69) is 26.2 Å². The number of carbonyl (C=O) groups is 1. The molecule has 37 heavy (non-hydrogen) atoms. The van der Waals surface area contributed by atoms with Gasteiger partial charge in [0.1, 0.15) is 11.5 Å². The number of para-hydroxylation sites is 1. The first-order valence-corrected chi connectivity index (χ1v) is 12.5. The summed E-state index contributed by atoms with van der Waals surface area (Å²) >= 11 is 9.63. The van der Waals surface area contributed by atoms with Crippen LogP contribution in [0.3, 0.4) is 0 Å². The topological polar surface area (TPSA) is 69.1 Å². The number of aliphatic imine (C=N–C) groups is 1. The van der Waals surface area contributed by atoms with Crippen LogP contribution in [0.1, 0.15) is 11.1 Å². The lowest BCUT2D eigenvalue weighted by molar-refractivity contribution is -0.118. The van der Waals surface area contributed by atoms with E-state index in [0.29, 0.717) is 26.7 Å². The van der Waals surface area contributed by atoms with Gasteiger partial charge in [-0.15, -0.1) is 0 Å². The average Bonchev–Trinajstić information content (AvgIpc) is 2.90. The van der Waals surface area contributed by atoms with Crippen LogP contribution in [0.25, 0.3) is 0 Å². The summed E-state index contributed by atoms with van der Waals surface area (Å²) in [6, 6.07) is 26.0. The third-order valence-corrected chi connectivity index (χ3v) is 6.23. The number of methoxy groups -OCH3 is 1. The van der Waals surface area contributed by atoms with Crippen molar-refractivity contribution in [1.29, 1.82) is 0 Å². The summed E-state index contributed by atoms with van der Waals surface area (Å²) in [4.78, 5) is 16.9. The molecule has 0 radical (unpaired) electrons. The predicted octanol–water partition coefficient (Wildman–Crippen LogP) is 7.98. The molecule has 0 atom stereocenters. The predicted molar refractivity (Wildman–Crippen MR) is 151 cm³/mol. The fraction of sp³-hybridized carbons (Fsp3) is 0.103. The van der Waals surface area contributed by atoms with Crippen molar-refractivity contribution < 1.29 is 19.0 Å². The van der Waals surface area contributed by atoms with Crippen LogP contribution >= 0.6 is 27.5 Å². The third-order valence-electron chi connectivity index (χ3n) is 5.23. The largest absolute Gasteiger partial charge is 0.493 e. The Kier molecular flexibility index (Phi) is 8.82. The van der Waals surface area contributed by atoms with E-state index in [0.717, 1.165) is 28.3 Å². The van der Waals surface area contributed by atoms with E-state index < -0.39 is 0 Å². The Balaban J connectivity index is 1.39. The molecule has 8 heteroatoms. The molecule has 0 heterocycles. The molecule has 0 aliphatic rings. The van der Waals surface area contributed by atoms with Crippen molar-refractivity contribution in [2.45, 2.75) is 6.92 Å². The smallest absolute Gasteiger partial charge is 0.262 e. The molecule has 0 unspecified atom stereocenters. The van der Waals surface area contributed by atoms with Gasteiger partial charge in [-0.3, -0.25) is 9.79 Å². The maximum absolute atomic E-state index is 12.4. The molecule has 188 valence electrons. The summed E-state index contributed by atoms with van der Waals surface area (Å²) in [6.07, 6.45) is 1.72. The summed E-state index contributed by atoms with van der Waals surface area (Å²) in [6.45, 7) is 1.69. The summed E-state index contributed by atoms with van der Waals surface area (Å²) in [5.74, 6) is 2.06. The molecule has 0 aliphatic heterocycles. The molecule has 0 aliphatic carbocycles. The van der Waals surface area contributed by atoms with Crippen molar-refractivity contribution in [2.75, 3.05) is 19.0 Å². The number of carbonyl (C=O) groups excluding carboxylic acids is 1. The summed E-state index contributed by atoms with van der Waals surface area (Å²) < 4.78 is 17.7. The lowest BCUT2D eigenvalue weighted by Crippen LogP contribution is -2.20. The lowest BCUT2D eigenvalue weighted by Gasteiger charge is -2.14. The van der Waals surface area contributed by atoms with Crippen molar-refractivity contribution >= 4 is 51.0 Å². The number of ether oxygens (including phenoxy) is 3. The van der Waals surface area contributed by atoms with E-state index in [1.807, 2.05) is 73.7 Å². The zero-order valence-electron chi connectivity index (χ0n) is 20.2. The Morgan fingerprint density at radius 1 is 1.00 bits per heavy atom. The van der Waals surface area contributed by atoms with Gasteiger partial charge in [0.05, 0.1) is 17.3 Å². The first-order valence-electron chi connectivity index (χ1n) is 11.3. The Labute approximate surface area is 229 Å². The van der Waals surface area contributed by atoms with E-state index >= 15 is 0 Å². The van der Waals surface area contributed by atoms with Crippen molar-refractivity contribution in [3.63, 3.8) is 0 Å². The zero-order valence-corrected chi connectivity index (χ0v) is 22.5. The Hall–Kier alpha value is -3.81. The summed E-state index contributed by atoms with van der Waals surface area (Å²) in [7, 11) is 1.54. The van der Waals surface area contributed by atoms with Gasteiger partial charge in [0.15, 0.2) is 18.1 Å². The van der Waals surface area contributed by atoms with Crippen LogP contribution in [0.15, 0.2) is 94.4 Å². The number of aryl methyl sites for hydroxylation is 1. The molecule has 4 aromatic carbocycles. The van der Waals surface area contributed by atoms with E-state index in [9.17, 15) is 4.79 Å². The molecule has 1 amide bonds. The van der Waals surface area contributed by atoms with Gasteiger partial charge in [0, 0.05) is 16.9 Å². The van der Waals surface area contributed by atoms with Crippen LogP contribution in [-0.2, 0) is 4.79 Å². The van der Waals surface area contributed by atoms with Gasteiger partial charge in [-0.25, -0.2) is 0 Å². The van der Waals surface area contributed by atoms with Gasteiger partial charge < -0.3 is 19.5 Å². The van der Waals surface area contributed by atoms with Gasteiger partial charge in [-0.05, 0) is 94.6 Å². The molecule has 0 aromatic heterocycles. The second-order valence-electron chi connectivity index (χ2n) is 8.00. The number of anilines is 1. The first-order chi connectivity index (χ1) is 17.9. The number of hydrogen-bond donors (Lipinski definition) is 1. The van der Waals surface area contributed by atoms with Crippen molar-refractivity contribution in [3.05, 3.63) is 106 Å². The number of amides is 1. The van der Waals surface area contributed by atoms with E-state index in [1.165, 1.54) is 7.11 Å². The molecule has 0 saturated heterocycles. The highest BCUT2D eigenvalue weighted by Gasteiger charge is 2.14. The number of nitrogens with one attached hydrogen (secondary N) is 1. The van der Waals surface area contributed by atoms with Crippen LogP contribution in [0.2, 0.25) is 5.02 Å². The normalized spacial score (nSPS) is 10.8. The van der Waals surface area contributed by atoms with Crippen molar-refractivity contribution in [2.24, 2.45) is 4.99 Å². The van der Waals surface area contributed by atoms with Gasteiger partial charge in [-0.2, -0.15) is 0 Å². The number of halogens is 2. The van der Waals surface area contributed by atoms with Crippen LogP contribution < -0.4 is 19.5 Å². The standard InChI is InChI=1S/C29H24BrClN2O4/c1-19-8-9-22(16-26(19)31)33-28(34)18-36-29-25(30)14-20(15-27(29)35-2)17-32-21-10-12-24(13-11-21)37-23-6-4-3-5-7-23/h3-17H,18H2,1-2H3,(H,33,34). The van der Waals surface area contributed by atoms with Crippen LogP contribution in [0.4, 0.5) is 11.4 Å². The molecule has 0 bridgehead atoms. The lowest BCUT2D eigenvalue weighted by atomic mass is 10.2. The van der Waals surface area contributed by atoms with Crippen LogP contribution in [-0.4, -0.2) is 25.8 Å². The Morgan fingerprint density at radius 3 is 2.43 bits per heavy atom. The minimum atomic E-state index is -0.320. The maximum atomic E-state index is 12.4. The number of hydrogen-bond acceptors (Lipinski definition) is 5. The van der Waals surface area contributed by atoms with Crippen molar-refractivity contribution in [3.8, 4) is 23.0 Å². The van der Waals surface area contributed by atoms with Crippen molar-refractivity contribution in [1.82, 2.24) is 0 Å². The fourth-order valence-electron chi connectivity index (χ4n) is 3.33. The SMILES string of the molecule is COc1cc(C=Nc2ccc(Oc3ccccc3)cc2)cc(Br)c1OCC(=O)Nc1ccc(C)c(Cl)c1. The number of nitrogens with zero attached hydrogens (tertiary/aromatic N) is 1. The molecule has 4 aromatic rings. The summed E-state index contributed by atoms with van der Waals surface area (Å²) in [5.41, 5.74) is 3.09. The third kappa shape index (κ3) is 7.35. The van der Waals surface area contributed by atoms with Crippen LogP contribution in [0, 0.1) is 6.92 Å². The van der Waals surface area contributed by atoms with E-state index in [1.54, 1.807) is 24.4 Å². The Bertz CT molecular complexity index is 1410. The molecule has 0 spiro atoms. The summed E-state index contributed by atoms with van der Waals surface area (Å²) in [5, 5.41) is 3.35. The van der Waals surface area contributed by atoms with Gasteiger partial charge in [-0.1, -0.05) is 35.9 Å². The monoisotopic (exact) mass is 578 g/mol. The maximum Gasteiger partial charge on any atom is 0.262 e. The van der Waals surface area contributed by atoms with Gasteiger partial charge in [0.2, 0.25) is 0 Å². The highest BCUT2D eigenvalue weighted by Crippen LogP contribution is 2.36. The fourth-order valence-corrected chi connectivity index (χ4v) is 4.09. The molecule has 1 N–H and O–H groups in total. The quantitative estimate of drug-likeness (QED) is 0.204. The Morgan fingerprint density at radius 2 is 1.73 bits per heavy atom. The molecular formula is C29H24BrClN2O4. The second kappa shape index (κ2) is 12.4. The van der Waals surface area contributed by atoms with Gasteiger partial charge in [0.25, 0.3) is 5.91 Å². The highest BCUT2D eigenvalue weighted by atomic mass is 79.9. The minimum Gasteiger partial charge on any atom is -0.493 e. The minimum absolute atomic E-state index is 0.203. The first kappa shape index (κ1) is 26.3. The van der Waals surface area contributed by atoms with E-state index in [4.69, 9.17) is 25.8 Å². The number of benzene rings is 4. The molecule has 0 saturated carbocycles. The number of rotatable bonds is 9. The molecule has 6 nitrogen and oxygen atoms in total. The van der Waals surface area contributed by atoms with Crippen LogP contribution in [0.5, 0.6) is 23.0 Å². The highest BCUT2D eigenvalue weighted by molar-refractivity contribution is 9.10. The zero-order chi connectivity index (χ0) is 26.2. The second-order valence-corrected chi connectivity index (χ2v) is 9.26. The van der Waals surface area contributed by atoms with Gasteiger partial charge >= 0.3 is 0 Å². The van der Waals surface area contributed by atoms with E-state index in [-0.39, 0.29) is 12.5 Å². The molecular weight excluding hydrogens is 556 g/mol.